The Labute approximate surface area is 119 Å². The average Bonchev–Trinajstić information content (AvgIpc) is 2.98. The molecular weight excluding hydrogens is 258 g/mol. The predicted molar refractivity (Wildman–Crippen MR) is 79.2 cm³/mol. The van der Waals surface area contributed by atoms with Gasteiger partial charge in [-0.3, -0.25) is 11.3 Å². The van der Waals surface area contributed by atoms with E-state index >= 15 is 0 Å². The highest BCUT2D eigenvalue weighted by atomic mass is 32.1. The second-order valence-electron chi connectivity index (χ2n) is 6.31. The Morgan fingerprint density at radius 3 is 2.89 bits per heavy atom. The van der Waals surface area contributed by atoms with Crippen LogP contribution in [0.5, 0.6) is 0 Å². The number of nitrogens with two attached hydrogens (primary N) is 1. The fourth-order valence-electron chi connectivity index (χ4n) is 2.32. The van der Waals surface area contributed by atoms with Crippen molar-refractivity contribution in [3.8, 4) is 0 Å². The number of nitrogens with one attached hydrogen (secondary N) is 1. The quantitative estimate of drug-likeness (QED) is 0.643. The van der Waals surface area contributed by atoms with Crippen LogP contribution in [0.4, 0.5) is 0 Å². The number of nitrogens with zero attached hydrogens (tertiary/aromatic N) is 1. The van der Waals surface area contributed by atoms with Crippen LogP contribution in [0.1, 0.15) is 50.7 Å². The van der Waals surface area contributed by atoms with Gasteiger partial charge in [0.05, 0.1) is 16.8 Å². The molecule has 5 heteroatoms. The first-order valence-electron chi connectivity index (χ1n) is 7.01. The molecule has 2 rings (SSSR count). The van der Waals surface area contributed by atoms with Crippen molar-refractivity contribution in [3.63, 3.8) is 0 Å². The number of hydrogen-bond acceptors (Lipinski definition) is 5. The zero-order valence-electron chi connectivity index (χ0n) is 12.1. The first-order valence-corrected chi connectivity index (χ1v) is 7.89. The molecule has 3 N–H and O–H groups in total. The maximum absolute atomic E-state index is 5.67. The van der Waals surface area contributed by atoms with Crippen LogP contribution in [0.2, 0.25) is 0 Å². The van der Waals surface area contributed by atoms with Gasteiger partial charge in [0.15, 0.2) is 0 Å². The minimum Gasteiger partial charge on any atom is -0.378 e. The van der Waals surface area contributed by atoms with Crippen molar-refractivity contribution in [2.75, 3.05) is 6.61 Å². The Morgan fingerprint density at radius 1 is 1.58 bits per heavy atom. The highest BCUT2D eigenvalue weighted by molar-refractivity contribution is 7.09. The molecule has 0 aliphatic carbocycles. The zero-order valence-corrected chi connectivity index (χ0v) is 12.9. The van der Waals surface area contributed by atoms with E-state index in [0.717, 1.165) is 30.9 Å². The van der Waals surface area contributed by atoms with E-state index in [-0.39, 0.29) is 11.5 Å². The lowest BCUT2D eigenvalue weighted by atomic mass is 9.93. The second kappa shape index (κ2) is 6.31. The third-order valence-corrected chi connectivity index (χ3v) is 4.42. The summed E-state index contributed by atoms with van der Waals surface area (Å²) in [6.45, 7) is 7.47. The van der Waals surface area contributed by atoms with Crippen LogP contribution in [0.25, 0.3) is 0 Å². The SMILES string of the molecule is CC(C)(C)c1csc(CC(CC2CCCO2)NN)n1. The summed E-state index contributed by atoms with van der Waals surface area (Å²) in [5.74, 6) is 5.66. The van der Waals surface area contributed by atoms with E-state index in [1.165, 1.54) is 12.1 Å². The van der Waals surface area contributed by atoms with Gasteiger partial charge in [0.2, 0.25) is 0 Å². The van der Waals surface area contributed by atoms with Gasteiger partial charge in [-0.2, -0.15) is 0 Å². The molecule has 0 amide bonds. The molecule has 2 atom stereocenters. The summed E-state index contributed by atoms with van der Waals surface area (Å²) in [6.07, 6.45) is 4.55. The van der Waals surface area contributed by atoms with Crippen LogP contribution in [0.15, 0.2) is 5.38 Å². The summed E-state index contributed by atoms with van der Waals surface area (Å²) >= 11 is 1.73. The number of ether oxygens (including phenoxy) is 1. The molecule has 108 valence electrons. The van der Waals surface area contributed by atoms with Gasteiger partial charge in [0.1, 0.15) is 0 Å². The fraction of sp³-hybridized carbons (Fsp3) is 0.786. The Kier molecular flexibility index (Phi) is 4.95. The summed E-state index contributed by atoms with van der Waals surface area (Å²) in [5, 5.41) is 3.32. The zero-order chi connectivity index (χ0) is 13.9. The van der Waals surface area contributed by atoms with E-state index in [9.17, 15) is 0 Å². The molecule has 1 aromatic rings. The van der Waals surface area contributed by atoms with Gasteiger partial charge in [-0.25, -0.2) is 4.98 Å². The third kappa shape index (κ3) is 4.24. The van der Waals surface area contributed by atoms with Crippen molar-refractivity contribution in [3.05, 3.63) is 16.1 Å². The predicted octanol–water partition coefficient (Wildman–Crippen LogP) is 2.38. The number of hydrazine groups is 1. The van der Waals surface area contributed by atoms with Crippen molar-refractivity contribution in [1.82, 2.24) is 10.4 Å². The van der Waals surface area contributed by atoms with Gasteiger partial charge < -0.3 is 4.74 Å². The van der Waals surface area contributed by atoms with Crippen molar-refractivity contribution < 1.29 is 4.74 Å². The molecule has 4 nitrogen and oxygen atoms in total. The van der Waals surface area contributed by atoms with E-state index in [1.807, 2.05) is 0 Å². The largest absolute Gasteiger partial charge is 0.378 e. The van der Waals surface area contributed by atoms with Crippen molar-refractivity contribution in [2.24, 2.45) is 5.84 Å². The molecule has 1 aliphatic heterocycles. The molecule has 0 radical (unpaired) electrons. The topological polar surface area (TPSA) is 60.2 Å². The van der Waals surface area contributed by atoms with Gasteiger partial charge in [0.25, 0.3) is 0 Å². The molecule has 0 aromatic carbocycles. The molecule has 0 bridgehead atoms. The van der Waals surface area contributed by atoms with Crippen LogP contribution >= 0.6 is 11.3 Å². The molecule has 1 fully saturated rings. The molecule has 2 heterocycles. The number of rotatable bonds is 5. The lowest BCUT2D eigenvalue weighted by Gasteiger charge is -2.18. The van der Waals surface area contributed by atoms with Crippen molar-refractivity contribution >= 4 is 11.3 Å². The van der Waals surface area contributed by atoms with E-state index in [4.69, 9.17) is 15.6 Å². The molecular formula is C14H25N3OS. The first kappa shape index (κ1) is 14.9. The maximum Gasteiger partial charge on any atom is 0.0944 e. The third-order valence-electron chi connectivity index (χ3n) is 3.55. The normalized spacial score (nSPS) is 21.8. The summed E-state index contributed by atoms with van der Waals surface area (Å²) < 4.78 is 5.67. The van der Waals surface area contributed by atoms with Crippen LogP contribution < -0.4 is 11.3 Å². The van der Waals surface area contributed by atoms with Gasteiger partial charge in [-0.1, -0.05) is 20.8 Å². The van der Waals surface area contributed by atoms with Crippen LogP contribution in [0.3, 0.4) is 0 Å². The lowest BCUT2D eigenvalue weighted by molar-refractivity contribution is 0.0946. The van der Waals surface area contributed by atoms with Crippen molar-refractivity contribution in [2.45, 2.75) is 64.0 Å². The molecule has 2 unspecified atom stereocenters. The highest BCUT2D eigenvalue weighted by Crippen LogP contribution is 2.25. The molecule has 1 aromatic heterocycles. The van der Waals surface area contributed by atoms with Crippen LogP contribution in [-0.4, -0.2) is 23.7 Å². The number of thiazole rings is 1. The Balaban J connectivity index is 1.92. The van der Waals surface area contributed by atoms with E-state index in [1.54, 1.807) is 11.3 Å². The molecule has 1 saturated heterocycles. The second-order valence-corrected chi connectivity index (χ2v) is 7.26. The minimum atomic E-state index is 0.120. The average molecular weight is 283 g/mol. The first-order chi connectivity index (χ1) is 8.99. The molecule has 0 spiro atoms. The highest BCUT2D eigenvalue weighted by Gasteiger charge is 2.22. The molecule has 19 heavy (non-hydrogen) atoms. The van der Waals surface area contributed by atoms with Gasteiger partial charge >= 0.3 is 0 Å². The number of aromatic nitrogens is 1. The monoisotopic (exact) mass is 283 g/mol. The summed E-state index contributed by atoms with van der Waals surface area (Å²) in [5.41, 5.74) is 4.20. The summed E-state index contributed by atoms with van der Waals surface area (Å²) in [7, 11) is 0. The van der Waals surface area contributed by atoms with Crippen LogP contribution in [0, 0.1) is 0 Å². The smallest absolute Gasteiger partial charge is 0.0944 e. The number of hydrogen-bond donors (Lipinski definition) is 2. The van der Waals surface area contributed by atoms with Crippen LogP contribution in [-0.2, 0) is 16.6 Å². The van der Waals surface area contributed by atoms with E-state index in [2.05, 4.69) is 31.6 Å². The summed E-state index contributed by atoms with van der Waals surface area (Å²) in [6, 6.07) is 0.252. The molecule has 1 aliphatic rings. The Morgan fingerprint density at radius 2 is 2.37 bits per heavy atom. The maximum atomic E-state index is 5.67. The van der Waals surface area contributed by atoms with E-state index in [0.29, 0.717) is 6.10 Å². The summed E-state index contributed by atoms with van der Waals surface area (Å²) in [4.78, 5) is 4.73. The minimum absolute atomic E-state index is 0.120. The molecule has 0 saturated carbocycles. The van der Waals surface area contributed by atoms with Crippen molar-refractivity contribution in [1.29, 1.82) is 0 Å². The van der Waals surface area contributed by atoms with E-state index < -0.39 is 0 Å². The lowest BCUT2D eigenvalue weighted by Crippen LogP contribution is -2.39. The Bertz CT molecular complexity index is 394. The Hall–Kier alpha value is -0.490. The van der Waals surface area contributed by atoms with Gasteiger partial charge in [-0.05, 0) is 19.3 Å². The fourth-order valence-corrected chi connectivity index (χ4v) is 3.42. The van der Waals surface area contributed by atoms with Gasteiger partial charge in [-0.15, -0.1) is 11.3 Å². The standard InChI is InChI=1S/C14H25N3OS/c1-14(2,3)12-9-19-13(16-12)8-10(17-15)7-11-5-4-6-18-11/h9-11,17H,4-8,15H2,1-3H3. The van der Waals surface area contributed by atoms with Gasteiger partial charge in [0, 0.05) is 29.9 Å².